The minimum atomic E-state index is 0.192. The Morgan fingerprint density at radius 2 is 2.22 bits per heavy atom. The molecule has 1 aromatic heterocycles. The van der Waals surface area contributed by atoms with Crippen LogP contribution in [0, 0.1) is 5.92 Å². The lowest BCUT2D eigenvalue weighted by Crippen LogP contribution is -2.38. The zero-order valence-electron chi connectivity index (χ0n) is 10.8. The molecule has 0 N–H and O–H groups in total. The Morgan fingerprint density at radius 1 is 1.44 bits per heavy atom. The van der Waals surface area contributed by atoms with Crippen LogP contribution in [-0.2, 0) is 4.79 Å². The molecule has 1 aliphatic heterocycles. The van der Waals surface area contributed by atoms with E-state index < -0.39 is 0 Å². The number of nitrogens with zero attached hydrogens (tertiary/aromatic N) is 2. The molecule has 0 bridgehead atoms. The Bertz CT molecular complexity index is 373. The summed E-state index contributed by atoms with van der Waals surface area (Å²) in [5.74, 6) is 1.52. The molecule has 0 radical (unpaired) electrons. The quantitative estimate of drug-likeness (QED) is 0.819. The highest BCUT2D eigenvalue weighted by Crippen LogP contribution is 2.16. The number of pyridine rings is 1. The first-order valence-corrected chi connectivity index (χ1v) is 6.57. The average Bonchev–Trinajstić information content (AvgIpc) is 2.40. The number of ether oxygens (including phenoxy) is 1. The van der Waals surface area contributed by atoms with Crippen LogP contribution in [0.2, 0.25) is 0 Å². The van der Waals surface area contributed by atoms with Crippen LogP contribution in [0.25, 0.3) is 0 Å². The molecule has 0 saturated carbocycles. The highest BCUT2D eigenvalue weighted by Gasteiger charge is 2.19. The number of amides is 1. The lowest BCUT2D eigenvalue weighted by atomic mass is 9.99. The first-order chi connectivity index (χ1) is 8.75. The van der Waals surface area contributed by atoms with E-state index in [0.29, 0.717) is 18.9 Å². The molecule has 1 aromatic rings. The maximum absolute atomic E-state index is 11.9. The fourth-order valence-electron chi connectivity index (χ4n) is 2.09. The van der Waals surface area contributed by atoms with E-state index in [4.69, 9.17) is 4.74 Å². The first kappa shape index (κ1) is 12.9. The summed E-state index contributed by atoms with van der Waals surface area (Å²) in [4.78, 5) is 17.9. The molecule has 0 aliphatic carbocycles. The molecule has 0 atom stereocenters. The molecule has 4 nitrogen and oxygen atoms in total. The summed E-state index contributed by atoms with van der Waals surface area (Å²) in [5.41, 5.74) is 0. The second-order valence-corrected chi connectivity index (χ2v) is 4.83. The van der Waals surface area contributed by atoms with Gasteiger partial charge >= 0.3 is 0 Å². The summed E-state index contributed by atoms with van der Waals surface area (Å²) in [5, 5.41) is 0. The zero-order valence-corrected chi connectivity index (χ0v) is 10.8. The molecular weight excluding hydrogens is 228 g/mol. The minimum absolute atomic E-state index is 0.192. The average molecular weight is 248 g/mol. The van der Waals surface area contributed by atoms with E-state index >= 15 is 0 Å². The summed E-state index contributed by atoms with van der Waals surface area (Å²) in [7, 11) is 0. The molecular formula is C14H20N2O2. The maximum Gasteiger partial charge on any atom is 0.225 e. The van der Waals surface area contributed by atoms with Crippen LogP contribution >= 0.6 is 0 Å². The predicted molar refractivity (Wildman–Crippen MR) is 69.3 cm³/mol. The molecule has 1 fully saturated rings. The van der Waals surface area contributed by atoms with Crippen LogP contribution in [-0.4, -0.2) is 35.5 Å². The van der Waals surface area contributed by atoms with Crippen molar-refractivity contribution in [2.75, 3.05) is 19.7 Å². The molecule has 4 heteroatoms. The number of aromatic nitrogens is 1. The molecule has 1 amide bonds. The molecule has 0 unspecified atom stereocenters. The van der Waals surface area contributed by atoms with Crippen molar-refractivity contribution in [1.29, 1.82) is 0 Å². The van der Waals surface area contributed by atoms with E-state index in [1.54, 1.807) is 12.3 Å². The summed E-state index contributed by atoms with van der Waals surface area (Å²) < 4.78 is 5.43. The van der Waals surface area contributed by atoms with Crippen molar-refractivity contribution in [2.24, 2.45) is 5.92 Å². The highest BCUT2D eigenvalue weighted by atomic mass is 16.5. The van der Waals surface area contributed by atoms with E-state index in [9.17, 15) is 4.79 Å². The van der Waals surface area contributed by atoms with Gasteiger partial charge in [-0.1, -0.05) is 13.0 Å². The topological polar surface area (TPSA) is 42.4 Å². The van der Waals surface area contributed by atoms with Crippen LogP contribution in [0.5, 0.6) is 5.88 Å². The van der Waals surface area contributed by atoms with Crippen molar-refractivity contribution in [3.63, 3.8) is 0 Å². The molecule has 98 valence electrons. The maximum atomic E-state index is 11.9. The van der Waals surface area contributed by atoms with Crippen LogP contribution in [0.1, 0.15) is 26.2 Å². The summed E-state index contributed by atoms with van der Waals surface area (Å²) in [6.45, 7) is 4.43. The van der Waals surface area contributed by atoms with Crippen LogP contribution in [0.3, 0.4) is 0 Å². The van der Waals surface area contributed by atoms with E-state index in [-0.39, 0.29) is 5.91 Å². The third-order valence-electron chi connectivity index (χ3n) is 3.34. The van der Waals surface area contributed by atoms with Crippen LogP contribution < -0.4 is 4.74 Å². The van der Waals surface area contributed by atoms with Gasteiger partial charge in [0, 0.05) is 25.4 Å². The van der Waals surface area contributed by atoms with Crippen molar-refractivity contribution in [2.45, 2.75) is 26.2 Å². The van der Waals surface area contributed by atoms with Gasteiger partial charge in [0.15, 0.2) is 0 Å². The Balaban J connectivity index is 1.69. The lowest BCUT2D eigenvalue weighted by molar-refractivity contribution is -0.133. The van der Waals surface area contributed by atoms with E-state index in [1.165, 1.54) is 0 Å². The van der Waals surface area contributed by atoms with Crippen molar-refractivity contribution < 1.29 is 9.53 Å². The van der Waals surface area contributed by atoms with E-state index in [0.717, 1.165) is 31.8 Å². The molecule has 1 saturated heterocycles. The number of piperidine rings is 1. The third kappa shape index (κ3) is 3.72. The highest BCUT2D eigenvalue weighted by molar-refractivity contribution is 5.76. The summed E-state index contributed by atoms with van der Waals surface area (Å²) in [6, 6.07) is 5.51. The number of likely N-dealkylation sites (tertiary alicyclic amines) is 1. The zero-order chi connectivity index (χ0) is 12.8. The predicted octanol–water partition coefficient (Wildman–Crippen LogP) is 2.11. The van der Waals surface area contributed by atoms with Gasteiger partial charge in [-0.3, -0.25) is 4.79 Å². The van der Waals surface area contributed by atoms with Gasteiger partial charge in [-0.05, 0) is 24.8 Å². The van der Waals surface area contributed by atoms with E-state index in [1.807, 2.05) is 17.0 Å². The van der Waals surface area contributed by atoms with Gasteiger partial charge < -0.3 is 9.64 Å². The molecule has 2 rings (SSSR count). The van der Waals surface area contributed by atoms with Crippen molar-refractivity contribution in [3.8, 4) is 5.88 Å². The van der Waals surface area contributed by atoms with Gasteiger partial charge in [0.25, 0.3) is 0 Å². The Morgan fingerprint density at radius 3 is 2.89 bits per heavy atom. The van der Waals surface area contributed by atoms with Crippen molar-refractivity contribution >= 4 is 5.91 Å². The minimum Gasteiger partial charge on any atom is -0.477 e. The SMILES string of the molecule is CC1CCN(C(=O)CCOc2ccccn2)CC1. The van der Waals surface area contributed by atoms with Gasteiger partial charge in [-0.25, -0.2) is 4.98 Å². The van der Waals surface area contributed by atoms with Gasteiger partial charge in [-0.2, -0.15) is 0 Å². The van der Waals surface area contributed by atoms with E-state index in [2.05, 4.69) is 11.9 Å². The van der Waals surface area contributed by atoms with Gasteiger partial charge in [-0.15, -0.1) is 0 Å². The Kier molecular flexibility index (Phi) is 4.56. The van der Waals surface area contributed by atoms with Crippen LogP contribution in [0.4, 0.5) is 0 Å². The molecule has 0 spiro atoms. The number of rotatable bonds is 4. The second-order valence-electron chi connectivity index (χ2n) is 4.83. The Labute approximate surface area is 108 Å². The largest absolute Gasteiger partial charge is 0.477 e. The standard InChI is InChI=1S/C14H20N2O2/c1-12-5-9-16(10-6-12)14(17)7-11-18-13-4-2-3-8-15-13/h2-4,8,12H,5-7,9-11H2,1H3. The number of carbonyl (C=O) groups is 1. The van der Waals surface area contributed by atoms with Crippen LogP contribution in [0.15, 0.2) is 24.4 Å². The fraction of sp³-hybridized carbons (Fsp3) is 0.571. The van der Waals surface area contributed by atoms with Crippen molar-refractivity contribution in [3.05, 3.63) is 24.4 Å². The number of hydrogen-bond acceptors (Lipinski definition) is 3. The van der Waals surface area contributed by atoms with Crippen molar-refractivity contribution in [1.82, 2.24) is 9.88 Å². The molecule has 2 heterocycles. The van der Waals surface area contributed by atoms with Gasteiger partial charge in [0.2, 0.25) is 11.8 Å². The normalized spacial score (nSPS) is 16.6. The summed E-state index contributed by atoms with van der Waals surface area (Å²) in [6.07, 6.45) is 4.35. The number of carbonyl (C=O) groups excluding carboxylic acids is 1. The molecule has 1 aliphatic rings. The first-order valence-electron chi connectivity index (χ1n) is 6.57. The second kappa shape index (κ2) is 6.38. The van der Waals surface area contributed by atoms with Gasteiger partial charge in [0.05, 0.1) is 13.0 Å². The smallest absolute Gasteiger partial charge is 0.225 e. The Hall–Kier alpha value is -1.58. The summed E-state index contributed by atoms with van der Waals surface area (Å²) >= 11 is 0. The molecule has 18 heavy (non-hydrogen) atoms. The number of hydrogen-bond donors (Lipinski definition) is 0. The lowest BCUT2D eigenvalue weighted by Gasteiger charge is -2.30. The molecule has 0 aromatic carbocycles. The van der Waals surface area contributed by atoms with Gasteiger partial charge in [0.1, 0.15) is 0 Å². The fourth-order valence-corrected chi connectivity index (χ4v) is 2.09. The third-order valence-corrected chi connectivity index (χ3v) is 3.34. The monoisotopic (exact) mass is 248 g/mol.